The molecule has 3 aliphatic rings. The molecule has 6 atom stereocenters. The van der Waals surface area contributed by atoms with E-state index in [0.29, 0.717) is 63.1 Å². The van der Waals surface area contributed by atoms with Gasteiger partial charge in [-0.25, -0.2) is 0 Å². The number of allylic oxidation sites excluding steroid dienone is 7. The van der Waals surface area contributed by atoms with Gasteiger partial charge in [0.1, 0.15) is 6.29 Å². The molecule has 8 heteroatoms. The van der Waals surface area contributed by atoms with Crippen LogP contribution in [0.5, 0.6) is 0 Å². The molecule has 278 valence electrons. The Balaban J connectivity index is 1.85. The van der Waals surface area contributed by atoms with Crippen molar-refractivity contribution in [2.75, 3.05) is 47.1 Å². The number of methoxy groups -OCH3 is 1. The lowest BCUT2D eigenvalue weighted by Gasteiger charge is -2.57. The maximum absolute atomic E-state index is 12.4. The van der Waals surface area contributed by atoms with Crippen LogP contribution in [0.4, 0.5) is 0 Å². The van der Waals surface area contributed by atoms with Gasteiger partial charge in [-0.15, -0.1) is 0 Å². The second-order valence-corrected chi connectivity index (χ2v) is 15.3. The van der Waals surface area contributed by atoms with Crippen LogP contribution >= 0.6 is 0 Å². The molecule has 0 aliphatic heterocycles. The number of rotatable bonds is 20. The van der Waals surface area contributed by atoms with Crippen LogP contribution in [0.25, 0.3) is 0 Å². The first-order valence-corrected chi connectivity index (χ1v) is 18.8. The minimum absolute atomic E-state index is 0.00671. The molecule has 0 radical (unpaired) electrons. The Morgan fingerprint density at radius 3 is 2.53 bits per heavy atom. The summed E-state index contributed by atoms with van der Waals surface area (Å²) in [6.45, 7) is 12.8. The number of carbonyl (C=O) groups is 1. The van der Waals surface area contributed by atoms with Gasteiger partial charge in [-0.1, -0.05) is 54.9 Å². The van der Waals surface area contributed by atoms with Gasteiger partial charge in [0, 0.05) is 44.2 Å². The molecule has 8 nitrogen and oxygen atoms in total. The van der Waals surface area contributed by atoms with E-state index < -0.39 is 17.1 Å². The van der Waals surface area contributed by atoms with Gasteiger partial charge in [-0.05, 0) is 133 Å². The van der Waals surface area contributed by atoms with Gasteiger partial charge in [0.25, 0.3) is 0 Å². The summed E-state index contributed by atoms with van der Waals surface area (Å²) in [5.41, 5.74) is 2.81. The molecule has 49 heavy (non-hydrogen) atoms. The van der Waals surface area contributed by atoms with Crippen LogP contribution in [-0.2, 0) is 9.53 Å². The zero-order valence-corrected chi connectivity index (χ0v) is 31.2. The third-order valence-electron chi connectivity index (χ3n) is 12.5. The molecule has 6 N–H and O–H groups in total. The van der Waals surface area contributed by atoms with Crippen LogP contribution in [0.15, 0.2) is 58.7 Å². The van der Waals surface area contributed by atoms with E-state index in [4.69, 9.17) is 4.74 Å². The summed E-state index contributed by atoms with van der Waals surface area (Å²) in [6.07, 6.45) is 18.7. The third kappa shape index (κ3) is 9.70. The number of aldehydes is 1. The summed E-state index contributed by atoms with van der Waals surface area (Å²) >= 11 is 0. The van der Waals surface area contributed by atoms with Gasteiger partial charge in [0.05, 0.1) is 18.3 Å². The molecule has 3 fully saturated rings. The first-order chi connectivity index (χ1) is 23.5. The van der Waals surface area contributed by atoms with E-state index in [9.17, 15) is 25.2 Å². The monoisotopic (exact) mass is 685 g/mol. The average Bonchev–Trinajstić information content (AvgIpc) is 3.73. The SMILES string of the molecule is C=C(/C=C/C=C(/CO)[C@@H]1CC[C@]2([C@@H]1O)[C@@H](CCCO)/C(=C(/C)C=O)CC[C@]2(O)CCNC)C1(C/C=C(\C)CN[C@H](C)CCOC)CCCC1. The Labute approximate surface area is 296 Å². The fourth-order valence-corrected chi connectivity index (χ4v) is 9.32. The van der Waals surface area contributed by atoms with Gasteiger partial charge in [-0.3, -0.25) is 4.79 Å². The van der Waals surface area contributed by atoms with Crippen molar-refractivity contribution in [3.63, 3.8) is 0 Å². The summed E-state index contributed by atoms with van der Waals surface area (Å²) in [4.78, 5) is 12.0. The number of carbonyl (C=O) groups excluding carboxylic acids is 1. The summed E-state index contributed by atoms with van der Waals surface area (Å²) in [5.74, 6) is -0.570. The van der Waals surface area contributed by atoms with Crippen LogP contribution in [0, 0.1) is 22.7 Å². The number of nitrogens with one attached hydrogen (secondary N) is 2. The first kappa shape index (κ1) is 41.5. The number of aliphatic hydroxyl groups is 4. The molecule has 0 unspecified atom stereocenters. The van der Waals surface area contributed by atoms with E-state index in [1.807, 2.05) is 26.1 Å². The summed E-state index contributed by atoms with van der Waals surface area (Å²) in [6, 6.07) is 0.396. The quantitative estimate of drug-likeness (QED) is 0.0416. The predicted molar refractivity (Wildman–Crippen MR) is 199 cm³/mol. The lowest BCUT2D eigenvalue weighted by Crippen LogP contribution is -2.61. The zero-order chi connectivity index (χ0) is 36.1. The third-order valence-corrected chi connectivity index (χ3v) is 12.5. The van der Waals surface area contributed by atoms with Crippen molar-refractivity contribution in [1.29, 1.82) is 0 Å². The second-order valence-electron chi connectivity index (χ2n) is 15.3. The van der Waals surface area contributed by atoms with Gasteiger partial charge in [-0.2, -0.15) is 0 Å². The molecule has 0 bridgehead atoms. The molecular weight excluding hydrogens is 616 g/mol. The number of aliphatic hydroxyl groups excluding tert-OH is 3. The van der Waals surface area contributed by atoms with Crippen LogP contribution in [-0.4, -0.2) is 91.5 Å². The molecule has 0 aromatic heterocycles. The van der Waals surface area contributed by atoms with Gasteiger partial charge in [0.2, 0.25) is 0 Å². The molecule has 3 aliphatic carbocycles. The highest BCUT2D eigenvalue weighted by Crippen LogP contribution is 2.64. The largest absolute Gasteiger partial charge is 0.396 e. The molecule has 0 heterocycles. The first-order valence-electron chi connectivity index (χ1n) is 18.8. The molecule has 3 saturated carbocycles. The fourth-order valence-electron chi connectivity index (χ4n) is 9.32. The number of ether oxygens (including phenoxy) is 1. The van der Waals surface area contributed by atoms with Crippen LogP contribution < -0.4 is 10.6 Å². The molecule has 0 aromatic carbocycles. The highest BCUT2D eigenvalue weighted by Gasteiger charge is 2.65. The number of hydrogen-bond donors (Lipinski definition) is 6. The van der Waals surface area contributed by atoms with E-state index in [-0.39, 0.29) is 30.5 Å². The van der Waals surface area contributed by atoms with E-state index in [0.717, 1.165) is 61.8 Å². The average molecular weight is 685 g/mol. The Morgan fingerprint density at radius 1 is 1.16 bits per heavy atom. The Morgan fingerprint density at radius 2 is 1.90 bits per heavy atom. The van der Waals surface area contributed by atoms with Crippen LogP contribution in [0.1, 0.15) is 104 Å². The highest BCUT2D eigenvalue weighted by atomic mass is 16.5. The molecule has 0 aromatic rings. The molecule has 3 rings (SSSR count). The lowest BCUT2D eigenvalue weighted by atomic mass is 9.51. The standard InChI is InChI=1S/C41H68N2O6/c1-30(27-43-33(4)17-26-49-6)14-20-39(18-7-8-19-39)32(3)11-9-12-34(29-46)36-16-22-41(38(36)47)37(13-10-25-44)35(31(2)28-45)15-21-40(41,48)23-24-42-5/h9,11-12,14,28,33,36-38,42-44,46-48H,3,7-8,10,13,15-27,29H2,1-2,4-6H3/b11-9+,30-14+,34-12-,35-31-/t33-,36+,37+,38-,40+,41-/m1/s1. The fraction of sp³-hybridized carbons (Fsp3) is 0.732. The maximum atomic E-state index is 12.4. The van der Waals surface area contributed by atoms with Crippen molar-refractivity contribution in [3.05, 3.63) is 58.7 Å². The smallest absolute Gasteiger partial charge is 0.145 e. The molecular formula is C41H68N2O6. The summed E-state index contributed by atoms with van der Waals surface area (Å²) in [5, 5.41) is 52.0. The van der Waals surface area contributed by atoms with E-state index in [2.05, 4.69) is 43.2 Å². The number of hydrogen-bond acceptors (Lipinski definition) is 8. The minimum atomic E-state index is -1.15. The Bertz CT molecular complexity index is 1200. The van der Waals surface area contributed by atoms with Crippen molar-refractivity contribution < 1.29 is 30.0 Å². The van der Waals surface area contributed by atoms with Gasteiger partial charge >= 0.3 is 0 Å². The topological polar surface area (TPSA) is 131 Å². The van der Waals surface area contributed by atoms with E-state index in [1.54, 1.807) is 7.11 Å². The lowest BCUT2D eigenvalue weighted by molar-refractivity contribution is -0.180. The van der Waals surface area contributed by atoms with Gasteiger partial charge < -0.3 is 35.8 Å². The normalized spacial score (nSPS) is 30.8. The van der Waals surface area contributed by atoms with Crippen LogP contribution in [0.3, 0.4) is 0 Å². The highest BCUT2D eigenvalue weighted by molar-refractivity contribution is 5.74. The van der Waals surface area contributed by atoms with Crippen molar-refractivity contribution in [1.82, 2.24) is 10.6 Å². The zero-order valence-electron chi connectivity index (χ0n) is 31.2. The summed E-state index contributed by atoms with van der Waals surface area (Å²) < 4.78 is 5.21. The van der Waals surface area contributed by atoms with Crippen molar-refractivity contribution in [2.45, 2.75) is 122 Å². The van der Waals surface area contributed by atoms with Crippen molar-refractivity contribution in [2.24, 2.45) is 22.7 Å². The predicted octanol–water partition coefficient (Wildman–Crippen LogP) is 5.72. The summed E-state index contributed by atoms with van der Waals surface area (Å²) in [7, 11) is 3.60. The van der Waals surface area contributed by atoms with Crippen molar-refractivity contribution in [3.8, 4) is 0 Å². The van der Waals surface area contributed by atoms with Gasteiger partial charge in [0.15, 0.2) is 0 Å². The second kappa shape index (κ2) is 19.6. The Kier molecular flexibility index (Phi) is 16.6. The van der Waals surface area contributed by atoms with Crippen molar-refractivity contribution >= 4 is 6.29 Å². The van der Waals surface area contributed by atoms with Crippen LogP contribution in [0.2, 0.25) is 0 Å². The van der Waals surface area contributed by atoms with E-state index in [1.165, 1.54) is 18.4 Å². The molecule has 0 amide bonds. The molecule has 0 saturated heterocycles. The molecule has 1 spiro atoms. The minimum Gasteiger partial charge on any atom is -0.396 e. The Hall–Kier alpha value is -1.91. The maximum Gasteiger partial charge on any atom is 0.145 e. The van der Waals surface area contributed by atoms with E-state index >= 15 is 0 Å².